The van der Waals surface area contributed by atoms with Crippen molar-refractivity contribution in [1.82, 2.24) is 0 Å². The fourth-order valence-electron chi connectivity index (χ4n) is 10.8. The first-order valence-corrected chi connectivity index (χ1v) is 27.5. The van der Waals surface area contributed by atoms with Gasteiger partial charge < -0.3 is 19.6 Å². The van der Waals surface area contributed by atoms with Gasteiger partial charge in [0.2, 0.25) is 0 Å². The molecular weight excluding hydrogens is 969 g/mol. The molecule has 80 heavy (non-hydrogen) atoms. The summed E-state index contributed by atoms with van der Waals surface area (Å²) >= 11 is 0. The third kappa shape index (κ3) is 10.8. The van der Waals surface area contributed by atoms with Crippen LogP contribution in [0, 0.1) is 27.7 Å². The highest BCUT2D eigenvalue weighted by Crippen LogP contribution is 2.48. The van der Waals surface area contributed by atoms with E-state index in [4.69, 9.17) is 0 Å². The number of hydrogen-bond acceptors (Lipinski definition) is 4. The molecule has 0 unspecified atom stereocenters. The van der Waals surface area contributed by atoms with Crippen LogP contribution in [0.2, 0.25) is 0 Å². The molecule has 0 aromatic heterocycles. The largest absolute Gasteiger partial charge is 0.311 e. The van der Waals surface area contributed by atoms with Gasteiger partial charge in [0, 0.05) is 68.2 Å². The molecular formula is C76H62N4. The number of para-hydroxylation sites is 4. The standard InChI is InChI=1S/C76H62N4/c1-55-28-40-66(41-29-55)79(67-42-30-56(2)31-43-67)72-52-61(53-73(54-72)80(68-44-32-57(3)33-45-68)69-46-34-58(4)35-47-69)76-74(59-36-48-70(49-37-59)77(62-18-9-5-10-19-62)63-20-11-6-12-21-63)26-17-27-75(76)60-38-50-71(51-39-60)78(64-22-13-7-14-23-64)65-24-15-8-16-25-65/h5-54H,1-4H3. The third-order valence-electron chi connectivity index (χ3n) is 14.9. The lowest BCUT2D eigenvalue weighted by Crippen LogP contribution is -2.14. The summed E-state index contributed by atoms with van der Waals surface area (Å²) < 4.78 is 0. The first-order chi connectivity index (χ1) is 39.3. The molecule has 386 valence electrons. The Morgan fingerprint density at radius 1 is 0.175 bits per heavy atom. The number of nitrogens with zero attached hydrogens (tertiary/aromatic N) is 4. The smallest absolute Gasteiger partial charge is 0.0488 e. The van der Waals surface area contributed by atoms with Gasteiger partial charge >= 0.3 is 0 Å². The Bertz CT molecular complexity index is 3550. The third-order valence-corrected chi connectivity index (χ3v) is 14.9. The zero-order chi connectivity index (χ0) is 54.4. The van der Waals surface area contributed by atoms with Gasteiger partial charge in [-0.25, -0.2) is 0 Å². The van der Waals surface area contributed by atoms with Crippen molar-refractivity contribution in [3.63, 3.8) is 0 Å². The van der Waals surface area contributed by atoms with Gasteiger partial charge in [0.1, 0.15) is 0 Å². The second-order valence-corrected chi connectivity index (χ2v) is 20.6. The molecule has 0 bridgehead atoms. The summed E-state index contributed by atoms with van der Waals surface area (Å²) in [6.45, 7) is 8.61. The molecule has 0 fully saturated rings. The normalized spacial score (nSPS) is 11.0. The zero-order valence-corrected chi connectivity index (χ0v) is 45.7. The number of aryl methyl sites for hydroxylation is 4. The molecule has 0 radical (unpaired) electrons. The van der Waals surface area contributed by atoms with Crippen LogP contribution in [0.3, 0.4) is 0 Å². The fourth-order valence-corrected chi connectivity index (χ4v) is 10.8. The zero-order valence-electron chi connectivity index (χ0n) is 45.7. The summed E-state index contributed by atoms with van der Waals surface area (Å²) in [5, 5.41) is 0. The minimum Gasteiger partial charge on any atom is -0.311 e. The lowest BCUT2D eigenvalue weighted by molar-refractivity contribution is 1.24. The van der Waals surface area contributed by atoms with E-state index in [9.17, 15) is 0 Å². The molecule has 0 aliphatic carbocycles. The Morgan fingerprint density at radius 2 is 0.400 bits per heavy atom. The molecule has 4 nitrogen and oxygen atoms in total. The quantitative estimate of drug-likeness (QED) is 0.101. The van der Waals surface area contributed by atoms with Crippen molar-refractivity contribution in [3.05, 3.63) is 326 Å². The van der Waals surface area contributed by atoms with E-state index >= 15 is 0 Å². The van der Waals surface area contributed by atoms with E-state index in [1.807, 2.05) is 0 Å². The molecule has 0 saturated carbocycles. The average Bonchev–Trinajstić information content (AvgIpc) is 3.58. The van der Waals surface area contributed by atoms with Gasteiger partial charge in [0.05, 0.1) is 0 Å². The monoisotopic (exact) mass is 1030 g/mol. The number of anilines is 12. The second kappa shape index (κ2) is 22.8. The molecule has 0 aliphatic rings. The highest BCUT2D eigenvalue weighted by molar-refractivity contribution is 5.99. The van der Waals surface area contributed by atoms with Crippen molar-refractivity contribution in [2.45, 2.75) is 27.7 Å². The van der Waals surface area contributed by atoms with Crippen molar-refractivity contribution < 1.29 is 0 Å². The van der Waals surface area contributed by atoms with Gasteiger partial charge in [-0.3, -0.25) is 0 Å². The average molecular weight is 1030 g/mol. The molecule has 12 aromatic carbocycles. The van der Waals surface area contributed by atoms with Crippen molar-refractivity contribution in [3.8, 4) is 33.4 Å². The Kier molecular flexibility index (Phi) is 14.4. The molecule has 0 atom stereocenters. The molecule has 0 aliphatic heterocycles. The van der Waals surface area contributed by atoms with Crippen LogP contribution in [0.1, 0.15) is 22.3 Å². The first kappa shape index (κ1) is 50.6. The van der Waals surface area contributed by atoms with Gasteiger partial charge in [-0.15, -0.1) is 0 Å². The molecule has 0 amide bonds. The van der Waals surface area contributed by atoms with Crippen LogP contribution >= 0.6 is 0 Å². The number of hydrogen-bond donors (Lipinski definition) is 0. The van der Waals surface area contributed by atoms with Gasteiger partial charge in [0.15, 0.2) is 0 Å². The van der Waals surface area contributed by atoms with E-state index in [1.54, 1.807) is 0 Å². The number of rotatable bonds is 15. The van der Waals surface area contributed by atoms with E-state index in [1.165, 1.54) is 22.3 Å². The molecule has 0 N–H and O–H groups in total. The van der Waals surface area contributed by atoms with E-state index < -0.39 is 0 Å². The summed E-state index contributed by atoms with van der Waals surface area (Å²) in [6.07, 6.45) is 0. The van der Waals surface area contributed by atoms with Crippen molar-refractivity contribution in [1.29, 1.82) is 0 Å². The molecule has 0 saturated heterocycles. The van der Waals surface area contributed by atoms with Crippen molar-refractivity contribution in [2.75, 3.05) is 19.6 Å². The summed E-state index contributed by atoms with van der Waals surface area (Å²) in [5.41, 5.74) is 24.4. The topological polar surface area (TPSA) is 13.0 Å². The van der Waals surface area contributed by atoms with Crippen molar-refractivity contribution >= 4 is 68.2 Å². The maximum absolute atomic E-state index is 2.41. The van der Waals surface area contributed by atoms with E-state index in [-0.39, 0.29) is 0 Å². The highest BCUT2D eigenvalue weighted by atomic mass is 15.2. The van der Waals surface area contributed by atoms with Crippen LogP contribution < -0.4 is 19.6 Å². The van der Waals surface area contributed by atoms with Crippen LogP contribution in [-0.4, -0.2) is 0 Å². The molecule has 0 heterocycles. The summed E-state index contributed by atoms with van der Waals surface area (Å²) in [6, 6.07) is 110. The summed E-state index contributed by atoms with van der Waals surface area (Å²) in [5.74, 6) is 0. The van der Waals surface area contributed by atoms with E-state index in [0.29, 0.717) is 0 Å². The van der Waals surface area contributed by atoms with Gasteiger partial charge in [0.25, 0.3) is 0 Å². The van der Waals surface area contributed by atoms with Crippen molar-refractivity contribution in [2.24, 2.45) is 0 Å². The van der Waals surface area contributed by atoms with Crippen LogP contribution in [0.25, 0.3) is 33.4 Å². The van der Waals surface area contributed by atoms with Gasteiger partial charge in [-0.1, -0.05) is 186 Å². The summed E-state index contributed by atoms with van der Waals surface area (Å²) in [7, 11) is 0. The van der Waals surface area contributed by atoms with Gasteiger partial charge in [-0.2, -0.15) is 0 Å². The van der Waals surface area contributed by atoms with Gasteiger partial charge in [-0.05, 0) is 201 Å². The number of benzene rings is 12. The minimum atomic E-state index is 1.03. The lowest BCUT2D eigenvalue weighted by atomic mass is 9.87. The van der Waals surface area contributed by atoms with Crippen LogP contribution in [0.5, 0.6) is 0 Å². The maximum Gasteiger partial charge on any atom is 0.0488 e. The Balaban J connectivity index is 1.11. The predicted molar refractivity (Wildman–Crippen MR) is 340 cm³/mol. The SMILES string of the molecule is Cc1ccc(N(c2ccc(C)cc2)c2cc(-c3c(-c4ccc(N(c5ccccc5)c5ccccc5)cc4)cccc3-c3ccc(N(c4ccccc4)c4ccccc4)cc3)cc(N(c3ccc(C)cc3)c3ccc(C)cc3)c2)cc1. The fraction of sp³-hybridized carbons (Fsp3) is 0.0526. The minimum absolute atomic E-state index is 1.03. The Hall–Kier alpha value is -10.2. The Labute approximate surface area is 472 Å². The van der Waals surface area contributed by atoms with E-state index in [2.05, 4.69) is 351 Å². The van der Waals surface area contributed by atoms with E-state index in [0.717, 1.165) is 102 Å². The Morgan fingerprint density at radius 3 is 0.662 bits per heavy atom. The van der Waals surface area contributed by atoms with Crippen LogP contribution in [0.4, 0.5) is 68.2 Å². The van der Waals surface area contributed by atoms with Crippen LogP contribution in [0.15, 0.2) is 303 Å². The summed E-state index contributed by atoms with van der Waals surface area (Å²) in [4.78, 5) is 9.46. The lowest BCUT2D eigenvalue weighted by Gasteiger charge is -2.31. The predicted octanol–water partition coefficient (Wildman–Crippen LogP) is 21.8. The molecule has 4 heteroatoms. The molecule has 12 rings (SSSR count). The second-order valence-electron chi connectivity index (χ2n) is 20.6. The maximum atomic E-state index is 2.41. The van der Waals surface area contributed by atoms with Crippen LogP contribution in [-0.2, 0) is 0 Å². The molecule has 12 aromatic rings. The highest BCUT2D eigenvalue weighted by Gasteiger charge is 2.24. The first-order valence-electron chi connectivity index (χ1n) is 27.5. The molecule has 0 spiro atoms.